The molecule has 3 fully saturated rings. The van der Waals surface area contributed by atoms with E-state index >= 15 is 0 Å². The van der Waals surface area contributed by atoms with Gasteiger partial charge < -0.3 is 10.1 Å². The molecule has 1 aromatic carbocycles. The predicted molar refractivity (Wildman–Crippen MR) is 88.8 cm³/mol. The zero-order valence-corrected chi connectivity index (χ0v) is 13.9. The topological polar surface area (TPSA) is 41.6 Å². The molecule has 1 saturated carbocycles. The van der Waals surface area contributed by atoms with Gasteiger partial charge in [0.25, 0.3) is 0 Å². The second-order valence-electron chi connectivity index (χ2n) is 7.38. The van der Waals surface area contributed by atoms with E-state index in [1.807, 2.05) is 12.1 Å². The molecule has 0 spiro atoms. The van der Waals surface area contributed by atoms with E-state index in [-0.39, 0.29) is 23.9 Å². The fourth-order valence-electron chi connectivity index (χ4n) is 3.91. The summed E-state index contributed by atoms with van der Waals surface area (Å²) in [5.41, 5.74) is 1.13. The molecule has 2 heterocycles. The molecule has 24 heavy (non-hydrogen) atoms. The van der Waals surface area contributed by atoms with E-state index in [2.05, 4.69) is 10.2 Å². The zero-order valence-electron chi connectivity index (χ0n) is 13.9. The number of nitrogens with one attached hydrogen (secondary N) is 1. The Morgan fingerprint density at radius 3 is 2.71 bits per heavy atom. The van der Waals surface area contributed by atoms with Crippen LogP contribution in [0.25, 0.3) is 0 Å². The van der Waals surface area contributed by atoms with Crippen LogP contribution in [0, 0.1) is 11.7 Å². The summed E-state index contributed by atoms with van der Waals surface area (Å²) in [6.45, 7) is 2.61. The lowest BCUT2D eigenvalue weighted by Crippen LogP contribution is -2.47. The van der Waals surface area contributed by atoms with Crippen LogP contribution in [-0.4, -0.2) is 42.1 Å². The number of nitrogens with zero attached hydrogens (tertiary/aromatic N) is 1. The molecule has 4 rings (SSSR count). The van der Waals surface area contributed by atoms with Crippen molar-refractivity contribution in [1.29, 1.82) is 0 Å². The van der Waals surface area contributed by atoms with E-state index in [1.54, 1.807) is 0 Å². The number of amides is 1. The number of benzene rings is 1. The average molecular weight is 332 g/mol. The van der Waals surface area contributed by atoms with Crippen LogP contribution in [0.15, 0.2) is 24.3 Å². The second-order valence-corrected chi connectivity index (χ2v) is 7.38. The summed E-state index contributed by atoms with van der Waals surface area (Å²) in [6.07, 6.45) is 5.11. The Kier molecular flexibility index (Phi) is 4.55. The number of hydrogen-bond donors (Lipinski definition) is 1. The minimum absolute atomic E-state index is 0.0670. The number of hydrogen-bond acceptors (Lipinski definition) is 3. The molecule has 1 N–H and O–H groups in total. The fraction of sp³-hybridized carbons (Fsp3) is 0.632. The van der Waals surface area contributed by atoms with Crippen LogP contribution < -0.4 is 5.32 Å². The summed E-state index contributed by atoms with van der Waals surface area (Å²) >= 11 is 0. The van der Waals surface area contributed by atoms with Crippen molar-refractivity contribution in [1.82, 2.24) is 10.2 Å². The summed E-state index contributed by atoms with van der Waals surface area (Å²) in [7, 11) is 0. The van der Waals surface area contributed by atoms with Crippen LogP contribution in [0.2, 0.25) is 0 Å². The molecule has 0 aromatic heterocycles. The number of carbonyl (C=O) groups is 1. The van der Waals surface area contributed by atoms with Gasteiger partial charge in [-0.25, -0.2) is 4.39 Å². The van der Waals surface area contributed by atoms with Crippen LogP contribution in [0.4, 0.5) is 4.39 Å². The van der Waals surface area contributed by atoms with Gasteiger partial charge in [0.1, 0.15) is 11.9 Å². The summed E-state index contributed by atoms with van der Waals surface area (Å²) in [4.78, 5) is 14.7. The number of carbonyl (C=O) groups excluding carboxylic acids is 1. The minimum atomic E-state index is -0.282. The molecule has 1 aliphatic carbocycles. The molecule has 2 saturated heterocycles. The molecule has 0 unspecified atom stereocenters. The molecule has 0 radical (unpaired) electrons. The van der Waals surface area contributed by atoms with Crippen LogP contribution in [0.3, 0.4) is 0 Å². The minimum Gasteiger partial charge on any atom is -0.363 e. The molecule has 1 aromatic rings. The summed E-state index contributed by atoms with van der Waals surface area (Å²) < 4.78 is 19.1. The van der Waals surface area contributed by atoms with Crippen molar-refractivity contribution in [2.24, 2.45) is 5.92 Å². The quantitative estimate of drug-likeness (QED) is 0.901. The molecular formula is C19H25FN2O2. The Balaban J connectivity index is 1.30. The Morgan fingerprint density at radius 1 is 1.17 bits per heavy atom. The van der Waals surface area contributed by atoms with Gasteiger partial charge in [-0.2, -0.15) is 0 Å². The summed E-state index contributed by atoms with van der Waals surface area (Å²) in [6, 6.07) is 7.10. The first-order chi connectivity index (χ1) is 11.7. The van der Waals surface area contributed by atoms with Crippen LogP contribution in [0.1, 0.15) is 37.7 Å². The maximum atomic E-state index is 13.0. The van der Waals surface area contributed by atoms with Crippen molar-refractivity contribution in [2.45, 2.75) is 56.9 Å². The molecule has 3 aliphatic rings. The van der Waals surface area contributed by atoms with Gasteiger partial charge in [0.2, 0.25) is 5.91 Å². The van der Waals surface area contributed by atoms with Crippen molar-refractivity contribution in [3.63, 3.8) is 0 Å². The standard InChI is InChI=1S/C19H25FN2O2/c20-15-5-3-14(4-6-15)12-22-10-9-17-16(22)7-8-18(24-17)19(23)21-11-13-1-2-13/h3-6,13,16-18H,1-2,7-12H2,(H,21,23)/t16-,17-,18-/m1/s1. The van der Waals surface area contributed by atoms with Crippen molar-refractivity contribution in [2.75, 3.05) is 13.1 Å². The zero-order chi connectivity index (χ0) is 16.5. The lowest BCUT2D eigenvalue weighted by molar-refractivity contribution is -0.144. The number of halogens is 1. The maximum absolute atomic E-state index is 13.0. The van der Waals surface area contributed by atoms with Crippen LogP contribution in [-0.2, 0) is 16.1 Å². The number of ether oxygens (including phenoxy) is 1. The normalized spacial score (nSPS) is 30.1. The van der Waals surface area contributed by atoms with Crippen molar-refractivity contribution in [3.05, 3.63) is 35.6 Å². The highest BCUT2D eigenvalue weighted by Crippen LogP contribution is 2.33. The Labute approximate surface area is 142 Å². The fourth-order valence-corrected chi connectivity index (χ4v) is 3.91. The van der Waals surface area contributed by atoms with Gasteiger partial charge in [0.15, 0.2) is 0 Å². The molecule has 5 heteroatoms. The van der Waals surface area contributed by atoms with Crippen LogP contribution >= 0.6 is 0 Å². The molecule has 4 nitrogen and oxygen atoms in total. The lowest BCUT2D eigenvalue weighted by Gasteiger charge is -2.35. The molecule has 3 atom stereocenters. The SMILES string of the molecule is O=C(NCC1CC1)[C@H]1CC[C@@H]2[C@@H](CCN2Cc2ccc(F)cc2)O1. The Bertz CT molecular complexity index is 588. The number of fused-ring (bicyclic) bond motifs is 1. The first-order valence-corrected chi connectivity index (χ1v) is 9.11. The van der Waals surface area contributed by atoms with Gasteiger partial charge in [-0.3, -0.25) is 9.69 Å². The third kappa shape index (κ3) is 3.62. The van der Waals surface area contributed by atoms with Crippen LogP contribution in [0.5, 0.6) is 0 Å². The molecule has 1 amide bonds. The van der Waals surface area contributed by atoms with Gasteiger partial charge >= 0.3 is 0 Å². The first kappa shape index (κ1) is 16.0. The van der Waals surface area contributed by atoms with E-state index in [0.717, 1.165) is 44.5 Å². The van der Waals surface area contributed by atoms with Crippen molar-refractivity contribution >= 4 is 5.91 Å². The van der Waals surface area contributed by atoms with E-state index in [0.29, 0.717) is 12.0 Å². The predicted octanol–water partition coefficient (Wildman–Crippen LogP) is 2.47. The lowest BCUT2D eigenvalue weighted by atomic mass is 9.98. The van der Waals surface area contributed by atoms with Gasteiger partial charge in [-0.1, -0.05) is 12.1 Å². The van der Waals surface area contributed by atoms with E-state index < -0.39 is 0 Å². The van der Waals surface area contributed by atoms with Crippen molar-refractivity contribution < 1.29 is 13.9 Å². The largest absolute Gasteiger partial charge is 0.363 e. The Morgan fingerprint density at radius 2 is 1.96 bits per heavy atom. The van der Waals surface area contributed by atoms with Crippen molar-refractivity contribution in [3.8, 4) is 0 Å². The maximum Gasteiger partial charge on any atom is 0.249 e. The molecular weight excluding hydrogens is 307 g/mol. The second kappa shape index (κ2) is 6.81. The first-order valence-electron chi connectivity index (χ1n) is 9.11. The molecule has 2 aliphatic heterocycles. The van der Waals surface area contributed by atoms with Gasteiger partial charge in [0.05, 0.1) is 6.10 Å². The highest BCUT2D eigenvalue weighted by Gasteiger charge is 2.41. The van der Waals surface area contributed by atoms with E-state index in [1.165, 1.54) is 25.0 Å². The molecule has 0 bridgehead atoms. The Hall–Kier alpha value is -1.46. The smallest absolute Gasteiger partial charge is 0.249 e. The monoisotopic (exact) mass is 332 g/mol. The highest BCUT2D eigenvalue weighted by atomic mass is 19.1. The number of likely N-dealkylation sites (tertiary alicyclic amines) is 1. The van der Waals surface area contributed by atoms with Gasteiger partial charge in [0, 0.05) is 25.7 Å². The van der Waals surface area contributed by atoms with E-state index in [4.69, 9.17) is 4.74 Å². The van der Waals surface area contributed by atoms with Gasteiger partial charge in [-0.05, 0) is 55.7 Å². The third-order valence-electron chi connectivity index (χ3n) is 5.52. The molecule has 130 valence electrons. The summed E-state index contributed by atoms with van der Waals surface area (Å²) in [5, 5.41) is 3.04. The highest BCUT2D eigenvalue weighted by molar-refractivity contribution is 5.80. The number of rotatable bonds is 5. The van der Waals surface area contributed by atoms with E-state index in [9.17, 15) is 9.18 Å². The summed E-state index contributed by atoms with van der Waals surface area (Å²) in [5.74, 6) is 0.569. The third-order valence-corrected chi connectivity index (χ3v) is 5.52. The average Bonchev–Trinajstić information content (AvgIpc) is 3.35. The van der Waals surface area contributed by atoms with Gasteiger partial charge in [-0.15, -0.1) is 0 Å².